The molecule has 1 amide bonds. The SMILES string of the molecule is CO[C@]12CC[C@@H](N(CC(C)C)C(=O)c3ccccc3)C[C@]1(c1cccc(OC(C)=O)c1)CCN(C)C2. The molecule has 194 valence electrons. The molecule has 2 aromatic rings. The number of methoxy groups -OCH3 is 1. The molecule has 3 atom stereocenters. The maximum Gasteiger partial charge on any atom is 0.308 e. The summed E-state index contributed by atoms with van der Waals surface area (Å²) in [6.45, 7) is 8.23. The predicted octanol–water partition coefficient (Wildman–Crippen LogP) is 4.92. The minimum Gasteiger partial charge on any atom is -0.427 e. The summed E-state index contributed by atoms with van der Waals surface area (Å²) in [7, 11) is 3.97. The van der Waals surface area contributed by atoms with Crippen LogP contribution in [0.2, 0.25) is 0 Å². The molecular weight excluding hydrogens is 452 g/mol. The first-order chi connectivity index (χ1) is 17.2. The van der Waals surface area contributed by atoms with Crippen molar-refractivity contribution in [3.8, 4) is 5.75 Å². The zero-order valence-corrected chi connectivity index (χ0v) is 22.3. The van der Waals surface area contributed by atoms with Crippen molar-refractivity contribution in [3.63, 3.8) is 0 Å². The quantitative estimate of drug-likeness (QED) is 0.406. The van der Waals surface area contributed by atoms with Crippen LogP contribution in [0, 0.1) is 5.92 Å². The van der Waals surface area contributed by atoms with Gasteiger partial charge in [-0.15, -0.1) is 0 Å². The molecule has 1 aliphatic heterocycles. The van der Waals surface area contributed by atoms with E-state index in [0.29, 0.717) is 18.2 Å². The molecule has 1 saturated heterocycles. The Morgan fingerprint density at radius 3 is 2.53 bits per heavy atom. The number of carbonyl (C=O) groups excluding carboxylic acids is 2. The Hall–Kier alpha value is -2.70. The molecule has 0 N–H and O–H groups in total. The summed E-state index contributed by atoms with van der Waals surface area (Å²) >= 11 is 0. The Kier molecular flexibility index (Phi) is 7.86. The molecule has 1 aliphatic carbocycles. The summed E-state index contributed by atoms with van der Waals surface area (Å²) in [5.74, 6) is 0.674. The molecule has 2 fully saturated rings. The second-order valence-electron chi connectivity index (χ2n) is 11.0. The van der Waals surface area contributed by atoms with Crippen LogP contribution in [0.25, 0.3) is 0 Å². The fraction of sp³-hybridized carbons (Fsp3) is 0.533. The van der Waals surface area contributed by atoms with Crippen molar-refractivity contribution in [2.24, 2.45) is 5.92 Å². The van der Waals surface area contributed by atoms with E-state index in [2.05, 4.69) is 36.8 Å². The second kappa shape index (κ2) is 10.7. The lowest BCUT2D eigenvalue weighted by atomic mass is 9.55. The third kappa shape index (κ3) is 5.07. The lowest BCUT2D eigenvalue weighted by molar-refractivity contribution is -0.150. The fourth-order valence-corrected chi connectivity index (χ4v) is 6.50. The van der Waals surface area contributed by atoms with Gasteiger partial charge >= 0.3 is 5.97 Å². The number of likely N-dealkylation sites (N-methyl/N-ethyl adjacent to an activating group) is 1. The summed E-state index contributed by atoms with van der Waals surface area (Å²) < 4.78 is 11.9. The highest BCUT2D eigenvalue weighted by Crippen LogP contribution is 2.54. The van der Waals surface area contributed by atoms with Crippen LogP contribution in [-0.2, 0) is 14.9 Å². The number of piperidine rings is 1. The van der Waals surface area contributed by atoms with Gasteiger partial charge in [0.15, 0.2) is 0 Å². The first-order valence-corrected chi connectivity index (χ1v) is 13.1. The van der Waals surface area contributed by atoms with E-state index in [1.54, 1.807) is 0 Å². The zero-order valence-electron chi connectivity index (χ0n) is 22.3. The van der Waals surface area contributed by atoms with Gasteiger partial charge in [-0.1, -0.05) is 44.2 Å². The van der Waals surface area contributed by atoms with Crippen molar-refractivity contribution in [1.29, 1.82) is 0 Å². The van der Waals surface area contributed by atoms with Crippen LogP contribution < -0.4 is 4.74 Å². The molecule has 6 heteroatoms. The van der Waals surface area contributed by atoms with Crippen molar-refractivity contribution >= 4 is 11.9 Å². The Balaban J connectivity index is 1.77. The summed E-state index contributed by atoms with van der Waals surface area (Å²) in [4.78, 5) is 29.9. The highest BCUT2D eigenvalue weighted by molar-refractivity contribution is 5.94. The number of benzene rings is 2. The van der Waals surface area contributed by atoms with E-state index in [1.807, 2.05) is 55.6 Å². The van der Waals surface area contributed by atoms with Gasteiger partial charge in [-0.05, 0) is 75.0 Å². The Morgan fingerprint density at radius 2 is 1.86 bits per heavy atom. The van der Waals surface area contributed by atoms with Crippen LogP contribution in [0.1, 0.15) is 62.4 Å². The van der Waals surface area contributed by atoms with Crippen LogP contribution in [0.5, 0.6) is 5.75 Å². The molecule has 0 unspecified atom stereocenters. The third-order valence-electron chi connectivity index (χ3n) is 8.11. The Morgan fingerprint density at radius 1 is 1.11 bits per heavy atom. The van der Waals surface area contributed by atoms with E-state index in [0.717, 1.165) is 49.9 Å². The lowest BCUT2D eigenvalue weighted by Crippen LogP contribution is -2.67. The van der Waals surface area contributed by atoms with Crippen molar-refractivity contribution in [2.75, 3.05) is 33.8 Å². The number of amides is 1. The highest BCUT2D eigenvalue weighted by Gasteiger charge is 2.59. The van der Waals surface area contributed by atoms with Gasteiger partial charge in [0.25, 0.3) is 5.91 Å². The van der Waals surface area contributed by atoms with E-state index in [-0.39, 0.29) is 28.9 Å². The molecule has 1 heterocycles. The lowest BCUT2D eigenvalue weighted by Gasteiger charge is -2.60. The van der Waals surface area contributed by atoms with Crippen molar-refractivity contribution in [3.05, 3.63) is 65.7 Å². The summed E-state index contributed by atoms with van der Waals surface area (Å²) in [6, 6.07) is 17.6. The normalized spacial score (nSPS) is 26.3. The van der Waals surface area contributed by atoms with Gasteiger partial charge in [0.2, 0.25) is 0 Å². The van der Waals surface area contributed by atoms with Crippen molar-refractivity contribution in [2.45, 2.75) is 63.5 Å². The topological polar surface area (TPSA) is 59.1 Å². The minimum absolute atomic E-state index is 0.0872. The van der Waals surface area contributed by atoms with Gasteiger partial charge in [0.1, 0.15) is 5.75 Å². The minimum atomic E-state index is -0.384. The number of esters is 1. The van der Waals surface area contributed by atoms with Crippen LogP contribution in [0.15, 0.2) is 54.6 Å². The molecule has 36 heavy (non-hydrogen) atoms. The van der Waals surface area contributed by atoms with Crippen LogP contribution in [0.4, 0.5) is 0 Å². The van der Waals surface area contributed by atoms with Crippen LogP contribution in [0.3, 0.4) is 0 Å². The first kappa shape index (κ1) is 26.4. The summed E-state index contributed by atoms with van der Waals surface area (Å²) in [5, 5.41) is 0. The average molecular weight is 493 g/mol. The van der Waals surface area contributed by atoms with Gasteiger partial charge in [-0.3, -0.25) is 9.59 Å². The maximum absolute atomic E-state index is 13.8. The van der Waals surface area contributed by atoms with E-state index in [9.17, 15) is 9.59 Å². The smallest absolute Gasteiger partial charge is 0.308 e. The standard InChI is InChI=1S/C30H40N2O4/c1-22(2)20-32(28(34)24-10-7-6-8-11-24)26-14-15-30(35-5)21-31(4)17-16-29(30,19-26)25-12-9-13-27(18-25)36-23(3)33/h6-13,18,22,26H,14-17,19-21H2,1-5H3/t26-,29+,30+/m1/s1. The number of carbonyl (C=O) groups is 2. The van der Waals surface area contributed by atoms with Gasteiger partial charge in [0, 0.05) is 44.1 Å². The third-order valence-corrected chi connectivity index (χ3v) is 8.11. The summed E-state index contributed by atoms with van der Waals surface area (Å²) in [6.07, 6.45) is 3.46. The fourth-order valence-electron chi connectivity index (χ4n) is 6.50. The van der Waals surface area contributed by atoms with E-state index < -0.39 is 0 Å². The predicted molar refractivity (Wildman–Crippen MR) is 141 cm³/mol. The molecule has 4 rings (SSSR count). The van der Waals surface area contributed by atoms with Gasteiger partial charge in [0.05, 0.1) is 5.60 Å². The molecule has 2 aliphatic rings. The molecule has 2 aromatic carbocycles. The molecule has 0 aromatic heterocycles. The largest absolute Gasteiger partial charge is 0.427 e. The molecule has 0 bridgehead atoms. The van der Waals surface area contributed by atoms with Crippen molar-refractivity contribution < 1.29 is 19.1 Å². The monoisotopic (exact) mass is 492 g/mol. The molecule has 1 saturated carbocycles. The second-order valence-corrected chi connectivity index (χ2v) is 11.0. The molecule has 0 radical (unpaired) electrons. The maximum atomic E-state index is 13.8. The number of rotatable bonds is 7. The zero-order chi connectivity index (χ0) is 25.9. The molecular formula is C30H40N2O4. The number of hydrogen-bond donors (Lipinski definition) is 0. The first-order valence-electron chi connectivity index (χ1n) is 13.1. The number of ether oxygens (including phenoxy) is 2. The van der Waals surface area contributed by atoms with Gasteiger partial charge in [-0.25, -0.2) is 0 Å². The number of fused-ring (bicyclic) bond motifs is 1. The number of nitrogens with zero attached hydrogens (tertiary/aromatic N) is 2. The number of likely N-dealkylation sites (tertiary alicyclic amines) is 1. The molecule has 0 spiro atoms. The summed E-state index contributed by atoms with van der Waals surface area (Å²) in [5.41, 5.74) is 1.16. The number of hydrogen-bond acceptors (Lipinski definition) is 5. The molecule has 6 nitrogen and oxygen atoms in total. The van der Waals surface area contributed by atoms with Gasteiger partial charge < -0.3 is 19.3 Å². The average Bonchev–Trinajstić information content (AvgIpc) is 2.86. The van der Waals surface area contributed by atoms with E-state index >= 15 is 0 Å². The van der Waals surface area contributed by atoms with Crippen molar-refractivity contribution in [1.82, 2.24) is 9.80 Å². The van der Waals surface area contributed by atoms with Crippen LogP contribution in [-0.4, -0.2) is 67.1 Å². The Bertz CT molecular complexity index is 1070. The van der Waals surface area contributed by atoms with E-state index in [4.69, 9.17) is 9.47 Å². The van der Waals surface area contributed by atoms with Crippen LogP contribution >= 0.6 is 0 Å². The van der Waals surface area contributed by atoms with Gasteiger partial charge in [-0.2, -0.15) is 0 Å². The highest BCUT2D eigenvalue weighted by atomic mass is 16.5. The Labute approximate surface area is 215 Å². The van der Waals surface area contributed by atoms with E-state index in [1.165, 1.54) is 6.92 Å².